The molecule has 0 N–H and O–H groups in total. The van der Waals surface area contributed by atoms with Gasteiger partial charge in [-0.05, 0) is 24.3 Å². The molecule has 1 nitrogen and oxygen atoms in total. The third kappa shape index (κ3) is 3.45. The first-order chi connectivity index (χ1) is 7.90. The fraction of sp³-hybridized carbons (Fsp3) is 0.571. The third-order valence-corrected chi connectivity index (χ3v) is 4.12. The second-order valence-corrected chi connectivity index (χ2v) is 5.42. The highest BCUT2D eigenvalue weighted by Gasteiger charge is 2.18. The molecule has 1 aliphatic rings. The van der Waals surface area contributed by atoms with Crippen LogP contribution in [0.5, 0.6) is 0 Å². The van der Waals surface area contributed by atoms with Crippen molar-refractivity contribution in [3.05, 3.63) is 35.9 Å². The number of rotatable bonds is 5. The van der Waals surface area contributed by atoms with Crippen molar-refractivity contribution in [2.24, 2.45) is 5.92 Å². The number of halogens is 1. The van der Waals surface area contributed by atoms with Gasteiger partial charge in [0, 0.05) is 4.43 Å². The second kappa shape index (κ2) is 6.60. The maximum Gasteiger partial charge on any atom is 0.0914 e. The Hall–Kier alpha value is -0.0900. The Balaban J connectivity index is 1.85. The molecule has 0 amide bonds. The van der Waals surface area contributed by atoms with Crippen LogP contribution < -0.4 is 0 Å². The molecule has 1 aromatic carbocycles. The molecule has 0 saturated heterocycles. The molecule has 0 spiro atoms. The van der Waals surface area contributed by atoms with Crippen LogP contribution >= 0.6 is 22.6 Å². The van der Waals surface area contributed by atoms with E-state index in [2.05, 4.69) is 52.9 Å². The summed E-state index contributed by atoms with van der Waals surface area (Å²) in [6, 6.07) is 10.6. The molecule has 0 radical (unpaired) electrons. The summed E-state index contributed by atoms with van der Waals surface area (Å²) in [5.41, 5.74) is 1.31. The van der Waals surface area contributed by atoms with Crippen molar-refractivity contribution in [3.8, 4) is 0 Å². The lowest BCUT2D eigenvalue weighted by Crippen LogP contribution is -2.12. The van der Waals surface area contributed by atoms with Gasteiger partial charge in [-0.25, -0.2) is 0 Å². The zero-order chi connectivity index (χ0) is 11.2. The van der Waals surface area contributed by atoms with Crippen LogP contribution in [0.3, 0.4) is 0 Å². The van der Waals surface area contributed by atoms with E-state index in [1.807, 2.05) is 0 Å². The van der Waals surface area contributed by atoms with Gasteiger partial charge >= 0.3 is 0 Å². The van der Waals surface area contributed by atoms with Crippen LogP contribution in [0.1, 0.15) is 37.4 Å². The van der Waals surface area contributed by atoms with Crippen LogP contribution in [-0.4, -0.2) is 11.0 Å². The number of alkyl halides is 1. The predicted molar refractivity (Wildman–Crippen MR) is 76.0 cm³/mol. The van der Waals surface area contributed by atoms with Crippen molar-refractivity contribution < 1.29 is 4.74 Å². The van der Waals surface area contributed by atoms with E-state index in [1.165, 1.54) is 31.2 Å². The molecule has 1 unspecified atom stereocenters. The summed E-state index contributed by atoms with van der Waals surface area (Å²) >= 11 is 2.41. The van der Waals surface area contributed by atoms with E-state index in [0.717, 1.165) is 17.0 Å². The molecule has 0 bridgehead atoms. The van der Waals surface area contributed by atoms with Crippen molar-refractivity contribution in [1.82, 2.24) is 0 Å². The van der Waals surface area contributed by atoms with Crippen molar-refractivity contribution >= 4 is 22.6 Å². The lowest BCUT2D eigenvalue weighted by molar-refractivity contribution is 0.0454. The SMILES string of the molecule is ICC(OCC1CCCC1)c1ccccc1. The van der Waals surface area contributed by atoms with Gasteiger partial charge < -0.3 is 4.74 Å². The minimum Gasteiger partial charge on any atom is -0.372 e. The van der Waals surface area contributed by atoms with Crippen molar-refractivity contribution in [1.29, 1.82) is 0 Å². The molecule has 0 aromatic heterocycles. The Labute approximate surface area is 112 Å². The smallest absolute Gasteiger partial charge is 0.0914 e. The molecule has 0 aliphatic heterocycles. The highest BCUT2D eigenvalue weighted by molar-refractivity contribution is 14.1. The highest BCUT2D eigenvalue weighted by atomic mass is 127. The van der Waals surface area contributed by atoms with E-state index in [4.69, 9.17) is 4.74 Å². The summed E-state index contributed by atoms with van der Waals surface area (Å²) in [6.07, 6.45) is 5.80. The normalized spacial score (nSPS) is 18.8. The monoisotopic (exact) mass is 330 g/mol. The number of hydrogen-bond acceptors (Lipinski definition) is 1. The lowest BCUT2D eigenvalue weighted by atomic mass is 10.1. The first kappa shape index (κ1) is 12.4. The van der Waals surface area contributed by atoms with E-state index in [0.29, 0.717) is 0 Å². The summed E-state index contributed by atoms with van der Waals surface area (Å²) in [6.45, 7) is 0.947. The zero-order valence-corrected chi connectivity index (χ0v) is 11.7. The minimum absolute atomic E-state index is 0.280. The van der Waals surface area contributed by atoms with E-state index < -0.39 is 0 Å². The van der Waals surface area contributed by atoms with Gasteiger partial charge in [0.25, 0.3) is 0 Å². The first-order valence-electron chi connectivity index (χ1n) is 6.12. The molecule has 16 heavy (non-hydrogen) atoms. The van der Waals surface area contributed by atoms with Crippen molar-refractivity contribution in [3.63, 3.8) is 0 Å². The molecular weight excluding hydrogens is 311 g/mol. The van der Waals surface area contributed by atoms with Gasteiger partial charge in [0.15, 0.2) is 0 Å². The van der Waals surface area contributed by atoms with Gasteiger partial charge in [0.1, 0.15) is 0 Å². The second-order valence-electron chi connectivity index (χ2n) is 4.54. The summed E-state index contributed by atoms with van der Waals surface area (Å²) in [4.78, 5) is 0. The van der Waals surface area contributed by atoms with E-state index in [9.17, 15) is 0 Å². The van der Waals surface area contributed by atoms with E-state index in [-0.39, 0.29) is 6.10 Å². The quantitative estimate of drug-likeness (QED) is 0.575. The van der Waals surface area contributed by atoms with Gasteiger partial charge in [0.2, 0.25) is 0 Å². The van der Waals surface area contributed by atoms with Gasteiger partial charge in [-0.2, -0.15) is 0 Å². The molecule has 1 fully saturated rings. The molecule has 88 valence electrons. The molecule has 1 aromatic rings. The van der Waals surface area contributed by atoms with Crippen LogP contribution in [0.2, 0.25) is 0 Å². The van der Waals surface area contributed by atoms with Crippen molar-refractivity contribution in [2.75, 3.05) is 11.0 Å². The summed E-state index contributed by atoms with van der Waals surface area (Å²) in [5.74, 6) is 0.814. The highest BCUT2D eigenvalue weighted by Crippen LogP contribution is 2.27. The summed E-state index contributed by atoms with van der Waals surface area (Å²) < 4.78 is 7.09. The fourth-order valence-electron chi connectivity index (χ4n) is 2.33. The number of ether oxygens (including phenoxy) is 1. The Kier molecular flexibility index (Phi) is 5.10. The van der Waals surface area contributed by atoms with Crippen LogP contribution in [0.4, 0.5) is 0 Å². The van der Waals surface area contributed by atoms with E-state index in [1.54, 1.807) is 0 Å². The van der Waals surface area contributed by atoms with Gasteiger partial charge in [0.05, 0.1) is 12.7 Å². The van der Waals surface area contributed by atoms with E-state index >= 15 is 0 Å². The molecule has 1 atom stereocenters. The predicted octanol–water partition coefficient (Wildman–Crippen LogP) is 4.37. The third-order valence-electron chi connectivity index (χ3n) is 3.32. The zero-order valence-electron chi connectivity index (χ0n) is 9.57. The van der Waals surface area contributed by atoms with Crippen LogP contribution in [-0.2, 0) is 4.74 Å². The van der Waals surface area contributed by atoms with Crippen LogP contribution in [0, 0.1) is 5.92 Å². The molecule has 0 heterocycles. The van der Waals surface area contributed by atoms with Crippen LogP contribution in [0.25, 0.3) is 0 Å². The van der Waals surface area contributed by atoms with Gasteiger partial charge in [-0.3, -0.25) is 0 Å². The van der Waals surface area contributed by atoms with Crippen molar-refractivity contribution in [2.45, 2.75) is 31.8 Å². The van der Waals surface area contributed by atoms with Gasteiger partial charge in [-0.15, -0.1) is 0 Å². The first-order valence-corrected chi connectivity index (χ1v) is 7.65. The minimum atomic E-state index is 0.280. The lowest BCUT2D eigenvalue weighted by Gasteiger charge is -2.18. The number of benzene rings is 1. The Morgan fingerprint density at radius 3 is 2.50 bits per heavy atom. The Bertz CT molecular complexity index is 293. The maximum absolute atomic E-state index is 6.05. The molecule has 2 heteroatoms. The molecule has 1 saturated carbocycles. The molecular formula is C14H19IO. The standard InChI is InChI=1S/C14H19IO/c15-10-14(13-8-2-1-3-9-13)16-11-12-6-4-5-7-12/h1-3,8-9,12,14H,4-7,10-11H2. The van der Waals surface area contributed by atoms with Crippen LogP contribution in [0.15, 0.2) is 30.3 Å². The molecule has 2 rings (SSSR count). The summed E-state index contributed by atoms with van der Waals surface area (Å²) in [5, 5.41) is 0. The number of hydrogen-bond donors (Lipinski definition) is 0. The largest absolute Gasteiger partial charge is 0.372 e. The average molecular weight is 330 g/mol. The average Bonchev–Trinajstić information content (AvgIpc) is 2.84. The van der Waals surface area contributed by atoms with Gasteiger partial charge in [-0.1, -0.05) is 65.8 Å². The summed E-state index contributed by atoms with van der Waals surface area (Å²) in [7, 11) is 0. The fourth-order valence-corrected chi connectivity index (χ4v) is 3.09. The molecule has 1 aliphatic carbocycles. The Morgan fingerprint density at radius 2 is 1.88 bits per heavy atom. The Morgan fingerprint density at radius 1 is 1.19 bits per heavy atom. The topological polar surface area (TPSA) is 9.23 Å². The maximum atomic E-state index is 6.05.